The standard InChI is InChI=1S/C21H28N4O5S/c1-16-22-8-12-24(16)9-2-7-23-21(26)17-5-10-25(11-6-17)31(27,28)18-3-4-19-20(15-18)30-14-13-29-19/h3-4,8,12,15,17H,2,5-7,9-11,13-14H2,1H3,(H,23,26). The highest BCUT2D eigenvalue weighted by atomic mass is 32.2. The van der Waals surface area contributed by atoms with Crippen LogP contribution in [0.2, 0.25) is 0 Å². The zero-order chi connectivity index (χ0) is 21.8. The smallest absolute Gasteiger partial charge is 0.243 e. The third kappa shape index (κ3) is 4.85. The topological polar surface area (TPSA) is 103 Å². The highest BCUT2D eigenvalue weighted by Crippen LogP contribution is 2.34. The first kappa shape index (κ1) is 21.6. The zero-order valence-corrected chi connectivity index (χ0v) is 18.4. The van der Waals surface area contributed by atoms with Crippen LogP contribution in [-0.2, 0) is 21.4 Å². The fourth-order valence-corrected chi connectivity index (χ4v) is 5.42. The number of fused-ring (bicyclic) bond motifs is 1. The van der Waals surface area contributed by atoms with Gasteiger partial charge in [-0.1, -0.05) is 0 Å². The second-order valence-corrected chi connectivity index (χ2v) is 9.73. The summed E-state index contributed by atoms with van der Waals surface area (Å²) < 4.78 is 40.5. The van der Waals surface area contributed by atoms with Crippen molar-refractivity contribution in [3.63, 3.8) is 0 Å². The normalized spacial score (nSPS) is 17.5. The molecule has 0 spiro atoms. The number of carbonyl (C=O) groups excluding carboxylic acids is 1. The Hall–Kier alpha value is -2.59. The summed E-state index contributed by atoms with van der Waals surface area (Å²) in [7, 11) is -3.64. The molecule has 2 aromatic rings. The average molecular weight is 449 g/mol. The number of hydrogen-bond acceptors (Lipinski definition) is 6. The van der Waals surface area contributed by atoms with Gasteiger partial charge in [-0.2, -0.15) is 4.31 Å². The number of carbonyl (C=O) groups is 1. The molecule has 4 rings (SSSR count). The lowest BCUT2D eigenvalue weighted by Crippen LogP contribution is -2.43. The molecule has 1 aromatic heterocycles. The van der Waals surface area contributed by atoms with E-state index >= 15 is 0 Å². The molecule has 2 aliphatic rings. The molecule has 10 heteroatoms. The summed E-state index contributed by atoms with van der Waals surface area (Å²) in [6.45, 7) is 4.85. The maximum atomic E-state index is 13.0. The Labute approximate surface area is 182 Å². The highest BCUT2D eigenvalue weighted by Gasteiger charge is 2.32. The van der Waals surface area contributed by atoms with E-state index in [0.29, 0.717) is 57.2 Å². The number of ether oxygens (including phenoxy) is 2. The number of aromatic nitrogens is 2. The molecule has 1 amide bonds. The molecule has 1 N–H and O–H groups in total. The van der Waals surface area contributed by atoms with E-state index in [2.05, 4.69) is 10.3 Å². The first-order valence-electron chi connectivity index (χ1n) is 10.6. The van der Waals surface area contributed by atoms with Crippen LogP contribution < -0.4 is 14.8 Å². The molecule has 0 bridgehead atoms. The number of nitrogens with zero attached hydrogens (tertiary/aromatic N) is 3. The molecular weight excluding hydrogens is 420 g/mol. The van der Waals surface area contributed by atoms with Gasteiger partial charge < -0.3 is 19.4 Å². The van der Waals surface area contributed by atoms with Gasteiger partial charge in [-0.25, -0.2) is 13.4 Å². The van der Waals surface area contributed by atoms with Gasteiger partial charge in [0.15, 0.2) is 11.5 Å². The molecule has 3 heterocycles. The second kappa shape index (κ2) is 9.27. The summed E-state index contributed by atoms with van der Waals surface area (Å²) in [6, 6.07) is 4.70. The van der Waals surface area contributed by atoms with Crippen molar-refractivity contribution in [1.29, 1.82) is 0 Å². The summed E-state index contributed by atoms with van der Waals surface area (Å²) in [5, 5.41) is 2.98. The number of amides is 1. The number of hydrogen-bond donors (Lipinski definition) is 1. The maximum Gasteiger partial charge on any atom is 0.243 e. The summed E-state index contributed by atoms with van der Waals surface area (Å²) in [6.07, 6.45) is 5.53. The molecule has 1 fully saturated rings. The Kier molecular flexibility index (Phi) is 6.47. The third-order valence-corrected chi connectivity index (χ3v) is 7.67. The molecule has 0 radical (unpaired) electrons. The third-order valence-electron chi connectivity index (χ3n) is 5.77. The van der Waals surface area contributed by atoms with Gasteiger partial charge in [-0.3, -0.25) is 4.79 Å². The second-order valence-electron chi connectivity index (χ2n) is 7.80. The molecule has 31 heavy (non-hydrogen) atoms. The van der Waals surface area contributed by atoms with Crippen LogP contribution in [0.1, 0.15) is 25.1 Å². The van der Waals surface area contributed by atoms with Crippen LogP contribution in [0.4, 0.5) is 0 Å². The minimum atomic E-state index is -3.64. The van der Waals surface area contributed by atoms with E-state index in [-0.39, 0.29) is 16.7 Å². The van der Waals surface area contributed by atoms with Crippen molar-refractivity contribution in [3.8, 4) is 11.5 Å². The van der Waals surface area contributed by atoms with Gasteiger partial charge in [0.05, 0.1) is 4.90 Å². The van der Waals surface area contributed by atoms with E-state index in [1.54, 1.807) is 18.3 Å². The van der Waals surface area contributed by atoms with E-state index in [1.165, 1.54) is 10.4 Å². The molecule has 0 aliphatic carbocycles. The number of aryl methyl sites for hydroxylation is 2. The van der Waals surface area contributed by atoms with Gasteiger partial charge in [0.2, 0.25) is 15.9 Å². The van der Waals surface area contributed by atoms with Crippen molar-refractivity contribution in [2.75, 3.05) is 32.8 Å². The van der Waals surface area contributed by atoms with E-state index in [4.69, 9.17) is 9.47 Å². The zero-order valence-electron chi connectivity index (χ0n) is 17.6. The van der Waals surface area contributed by atoms with Crippen LogP contribution in [0.25, 0.3) is 0 Å². The van der Waals surface area contributed by atoms with Gasteiger partial charge >= 0.3 is 0 Å². The molecule has 168 valence electrons. The van der Waals surface area contributed by atoms with E-state index in [1.807, 2.05) is 17.7 Å². The van der Waals surface area contributed by atoms with Gasteiger partial charge in [0.25, 0.3) is 0 Å². The SMILES string of the molecule is Cc1nccn1CCCNC(=O)C1CCN(S(=O)(=O)c2ccc3c(c2)OCCO3)CC1. The number of nitrogens with one attached hydrogen (secondary N) is 1. The number of sulfonamides is 1. The van der Waals surface area contributed by atoms with E-state index in [9.17, 15) is 13.2 Å². The van der Waals surface area contributed by atoms with Crippen molar-refractivity contribution < 1.29 is 22.7 Å². The van der Waals surface area contributed by atoms with Crippen LogP contribution >= 0.6 is 0 Å². The van der Waals surface area contributed by atoms with Gasteiger partial charge in [-0.05, 0) is 38.3 Å². The lowest BCUT2D eigenvalue weighted by molar-refractivity contribution is -0.126. The largest absolute Gasteiger partial charge is 0.486 e. The maximum absolute atomic E-state index is 13.0. The van der Waals surface area contributed by atoms with Crippen LogP contribution in [0, 0.1) is 12.8 Å². The fraction of sp³-hybridized carbons (Fsp3) is 0.524. The molecular formula is C21H28N4O5S. The summed E-state index contributed by atoms with van der Waals surface area (Å²) >= 11 is 0. The Morgan fingerprint density at radius 1 is 1.19 bits per heavy atom. The first-order valence-corrected chi connectivity index (χ1v) is 12.0. The predicted octanol–water partition coefficient (Wildman–Crippen LogP) is 1.57. The number of imidazole rings is 1. The van der Waals surface area contributed by atoms with Crippen molar-refractivity contribution in [2.45, 2.75) is 37.6 Å². The van der Waals surface area contributed by atoms with Crippen molar-refractivity contribution in [1.82, 2.24) is 19.2 Å². The minimum absolute atomic E-state index is 0.00118. The number of piperidine rings is 1. The average Bonchev–Trinajstić information content (AvgIpc) is 3.21. The summed E-state index contributed by atoms with van der Waals surface area (Å²) in [5.41, 5.74) is 0. The van der Waals surface area contributed by atoms with Gasteiger partial charge in [0.1, 0.15) is 19.0 Å². The van der Waals surface area contributed by atoms with Crippen LogP contribution in [0.5, 0.6) is 11.5 Å². The molecule has 0 atom stereocenters. The first-order chi connectivity index (χ1) is 14.9. The Morgan fingerprint density at radius 3 is 2.65 bits per heavy atom. The number of rotatable bonds is 7. The van der Waals surface area contributed by atoms with E-state index in [0.717, 1.165) is 18.8 Å². The van der Waals surface area contributed by atoms with Gasteiger partial charge in [-0.15, -0.1) is 0 Å². The van der Waals surface area contributed by atoms with Crippen molar-refractivity contribution >= 4 is 15.9 Å². The Balaban J connectivity index is 1.26. The molecule has 0 saturated carbocycles. The van der Waals surface area contributed by atoms with Crippen LogP contribution in [-0.4, -0.2) is 61.0 Å². The quantitative estimate of drug-likeness (QED) is 0.645. The summed E-state index contributed by atoms with van der Waals surface area (Å²) in [5.74, 6) is 1.80. The Morgan fingerprint density at radius 2 is 1.94 bits per heavy atom. The molecule has 9 nitrogen and oxygen atoms in total. The molecule has 1 saturated heterocycles. The number of benzene rings is 1. The summed E-state index contributed by atoms with van der Waals surface area (Å²) in [4.78, 5) is 16.9. The van der Waals surface area contributed by atoms with Crippen molar-refractivity contribution in [3.05, 3.63) is 36.4 Å². The van der Waals surface area contributed by atoms with Gasteiger partial charge in [0, 0.05) is 50.6 Å². The lowest BCUT2D eigenvalue weighted by atomic mass is 9.97. The van der Waals surface area contributed by atoms with Crippen LogP contribution in [0.15, 0.2) is 35.5 Å². The molecule has 2 aliphatic heterocycles. The minimum Gasteiger partial charge on any atom is -0.486 e. The van der Waals surface area contributed by atoms with Crippen molar-refractivity contribution in [2.24, 2.45) is 5.92 Å². The van der Waals surface area contributed by atoms with Crippen LogP contribution in [0.3, 0.4) is 0 Å². The lowest BCUT2D eigenvalue weighted by Gasteiger charge is -2.31. The fourth-order valence-electron chi connectivity index (χ4n) is 3.94. The monoisotopic (exact) mass is 448 g/mol. The molecule has 1 aromatic carbocycles. The molecule has 0 unspecified atom stereocenters. The highest BCUT2D eigenvalue weighted by molar-refractivity contribution is 7.89. The Bertz CT molecular complexity index is 1030. The predicted molar refractivity (Wildman–Crippen MR) is 114 cm³/mol. The van der Waals surface area contributed by atoms with E-state index < -0.39 is 10.0 Å².